The number of carbonyl (C=O) groups is 2. The Kier molecular flexibility index (Phi) is 6.22. The van der Waals surface area contributed by atoms with Gasteiger partial charge in [-0.15, -0.1) is 0 Å². The third-order valence-electron chi connectivity index (χ3n) is 5.45. The fourth-order valence-corrected chi connectivity index (χ4v) is 7.27. The first kappa shape index (κ1) is 23.3. The van der Waals surface area contributed by atoms with E-state index in [-0.39, 0.29) is 30.2 Å². The van der Waals surface area contributed by atoms with Crippen molar-refractivity contribution in [2.45, 2.75) is 31.8 Å². The van der Waals surface area contributed by atoms with Crippen molar-refractivity contribution >= 4 is 43.4 Å². The predicted octanol–water partition coefficient (Wildman–Crippen LogP) is 0.486. The number of nitrogens with zero attached hydrogens (tertiary/aromatic N) is 3. The highest BCUT2D eigenvalue weighted by molar-refractivity contribution is 8.09. The van der Waals surface area contributed by atoms with Crippen LogP contribution in [-0.2, 0) is 24.8 Å². The Morgan fingerprint density at radius 3 is 2.13 bits per heavy atom. The quantitative estimate of drug-likeness (QED) is 0.606. The molecule has 31 heavy (non-hydrogen) atoms. The number of likely N-dealkylation sites (tertiary alicyclic amines) is 1. The summed E-state index contributed by atoms with van der Waals surface area (Å²) in [5.41, 5.74) is 0.834. The molecule has 2 atom stereocenters. The average Bonchev–Trinajstić information content (AvgIpc) is 2.87. The van der Waals surface area contributed by atoms with E-state index in [1.807, 2.05) is 4.90 Å². The molecule has 0 spiro atoms. The summed E-state index contributed by atoms with van der Waals surface area (Å²) in [6.45, 7) is 2.68. The van der Waals surface area contributed by atoms with Crippen LogP contribution in [0.15, 0.2) is 18.2 Å². The second-order valence-corrected chi connectivity index (χ2v) is 11.9. The lowest BCUT2D eigenvalue weighted by Crippen LogP contribution is -2.56. The number of sulfonamides is 2. The summed E-state index contributed by atoms with van der Waals surface area (Å²) in [5.74, 6) is -0.353. The fraction of sp³-hybridized carbons (Fsp3) is 0.556. The van der Waals surface area contributed by atoms with Gasteiger partial charge in [-0.1, -0.05) is 6.07 Å². The molecule has 1 aromatic rings. The molecular formula is C18H26N4O7S2. The van der Waals surface area contributed by atoms with Crippen LogP contribution >= 0.6 is 0 Å². The van der Waals surface area contributed by atoms with Gasteiger partial charge in [0.25, 0.3) is 0 Å². The smallest absolute Gasteiger partial charge is 0.407 e. The van der Waals surface area contributed by atoms with E-state index in [0.717, 1.165) is 25.4 Å². The largest absolute Gasteiger partial charge is 0.465 e. The molecule has 2 heterocycles. The minimum absolute atomic E-state index is 0.0476. The summed E-state index contributed by atoms with van der Waals surface area (Å²) in [6, 6.07) is 3.93. The maximum Gasteiger partial charge on any atom is 0.407 e. The molecule has 2 fully saturated rings. The summed E-state index contributed by atoms with van der Waals surface area (Å²) in [5, 5.41) is 12.0. The Balaban J connectivity index is 1.74. The molecule has 11 nitrogen and oxygen atoms in total. The Labute approximate surface area is 181 Å². The number of carboxylic acid groups (broad SMARTS) is 1. The molecular weight excluding hydrogens is 448 g/mol. The van der Waals surface area contributed by atoms with Gasteiger partial charge < -0.3 is 10.4 Å². The molecule has 2 N–H and O–H groups in total. The van der Waals surface area contributed by atoms with E-state index >= 15 is 0 Å². The van der Waals surface area contributed by atoms with Crippen molar-refractivity contribution in [2.75, 3.05) is 41.2 Å². The van der Waals surface area contributed by atoms with Crippen LogP contribution in [0.25, 0.3) is 0 Å². The number of piperazine rings is 1. The van der Waals surface area contributed by atoms with Gasteiger partial charge in [0, 0.05) is 30.9 Å². The zero-order valence-electron chi connectivity index (χ0n) is 17.5. The van der Waals surface area contributed by atoms with Crippen molar-refractivity contribution in [3.05, 3.63) is 23.8 Å². The third-order valence-corrected chi connectivity index (χ3v) is 8.71. The maximum absolute atomic E-state index is 12.6. The first-order chi connectivity index (χ1) is 14.3. The molecule has 2 aliphatic rings. The summed E-state index contributed by atoms with van der Waals surface area (Å²) in [7, 11) is -8.20. The molecule has 2 amide bonds. The molecule has 2 bridgehead atoms. The lowest BCUT2D eigenvalue weighted by atomic mass is 10.1. The monoisotopic (exact) mass is 474 g/mol. The Morgan fingerprint density at radius 1 is 1.10 bits per heavy atom. The van der Waals surface area contributed by atoms with E-state index in [4.69, 9.17) is 0 Å². The van der Waals surface area contributed by atoms with Crippen molar-refractivity contribution < 1.29 is 31.5 Å². The second kappa shape index (κ2) is 8.28. The lowest BCUT2D eigenvalue weighted by Gasteiger charge is -2.39. The normalized spacial score (nSPS) is 21.7. The molecule has 0 aliphatic carbocycles. The molecule has 2 saturated heterocycles. The topological polar surface area (TPSA) is 144 Å². The number of amides is 2. The predicted molar refractivity (Wildman–Crippen MR) is 115 cm³/mol. The van der Waals surface area contributed by atoms with Crippen molar-refractivity contribution in [3.63, 3.8) is 0 Å². The van der Waals surface area contributed by atoms with Gasteiger partial charge >= 0.3 is 6.09 Å². The number of hydrogen-bond donors (Lipinski definition) is 2. The molecule has 13 heteroatoms. The number of anilines is 2. The lowest BCUT2D eigenvalue weighted by molar-refractivity contribution is -0.118. The van der Waals surface area contributed by atoms with Crippen LogP contribution in [0.3, 0.4) is 0 Å². The van der Waals surface area contributed by atoms with E-state index < -0.39 is 26.1 Å². The highest BCUT2D eigenvalue weighted by atomic mass is 32.3. The molecule has 0 aromatic heterocycles. The average molecular weight is 475 g/mol. The number of fused-ring (bicyclic) bond motifs is 2. The van der Waals surface area contributed by atoms with E-state index in [9.17, 15) is 31.5 Å². The summed E-state index contributed by atoms with van der Waals surface area (Å²) in [6.07, 6.45) is 2.17. The molecule has 3 rings (SSSR count). The van der Waals surface area contributed by atoms with Gasteiger partial charge in [0.05, 0.1) is 24.7 Å². The zero-order valence-corrected chi connectivity index (χ0v) is 19.1. The Morgan fingerprint density at radius 2 is 1.65 bits per heavy atom. The van der Waals surface area contributed by atoms with Crippen LogP contribution in [0.4, 0.5) is 16.2 Å². The van der Waals surface area contributed by atoms with Crippen molar-refractivity contribution in [3.8, 4) is 0 Å². The first-order valence-electron chi connectivity index (χ1n) is 9.62. The highest BCUT2D eigenvalue weighted by Gasteiger charge is 2.42. The van der Waals surface area contributed by atoms with Crippen LogP contribution in [0.2, 0.25) is 0 Å². The van der Waals surface area contributed by atoms with E-state index in [2.05, 4.69) is 5.32 Å². The SMILES string of the molecule is Cc1ccc(N(S(C)(=O)=O)S(C)(=O)=O)cc1NC(=O)CN1CC2CCC(C1)N2C(=O)O. The number of hydrogen-bond acceptors (Lipinski definition) is 7. The van der Waals surface area contributed by atoms with Crippen molar-refractivity contribution in [2.24, 2.45) is 0 Å². The summed E-state index contributed by atoms with van der Waals surface area (Å²) in [4.78, 5) is 27.4. The number of benzene rings is 1. The minimum atomic E-state index is -4.10. The number of carbonyl (C=O) groups excluding carboxylic acids is 1. The molecule has 172 valence electrons. The van der Waals surface area contributed by atoms with Crippen molar-refractivity contribution in [1.82, 2.24) is 9.80 Å². The van der Waals surface area contributed by atoms with Crippen LogP contribution < -0.4 is 9.03 Å². The van der Waals surface area contributed by atoms with Gasteiger partial charge in [-0.3, -0.25) is 14.6 Å². The Hall–Kier alpha value is -2.38. The van der Waals surface area contributed by atoms with Gasteiger partial charge in [0.2, 0.25) is 26.0 Å². The van der Waals surface area contributed by atoms with Gasteiger partial charge in [0.1, 0.15) is 0 Å². The number of nitrogens with one attached hydrogen (secondary N) is 1. The van der Waals surface area contributed by atoms with Crippen LogP contribution in [0.5, 0.6) is 0 Å². The van der Waals surface area contributed by atoms with Gasteiger partial charge in [-0.25, -0.2) is 21.6 Å². The molecule has 0 saturated carbocycles. The van der Waals surface area contributed by atoms with Gasteiger partial charge in [-0.05, 0) is 37.5 Å². The van der Waals surface area contributed by atoms with E-state index in [1.165, 1.54) is 23.1 Å². The van der Waals surface area contributed by atoms with Gasteiger partial charge in [0.15, 0.2) is 0 Å². The molecule has 2 unspecified atom stereocenters. The van der Waals surface area contributed by atoms with Gasteiger partial charge in [-0.2, -0.15) is 3.71 Å². The Bertz CT molecular complexity index is 1060. The summed E-state index contributed by atoms with van der Waals surface area (Å²) < 4.78 is 48.4. The highest BCUT2D eigenvalue weighted by Crippen LogP contribution is 2.30. The third kappa shape index (κ3) is 5.10. The standard InChI is InChI=1S/C18H26N4O7S2/c1-12-4-5-13(22(30(2,26)27)31(3,28)29)8-16(12)19-17(23)11-20-9-14-6-7-15(10-20)21(14)18(24)25/h4-5,8,14-15H,6-7,9-11H2,1-3H3,(H,19,23)(H,24,25). The number of aryl methyl sites for hydroxylation is 1. The second-order valence-electron chi connectivity index (χ2n) is 8.04. The summed E-state index contributed by atoms with van der Waals surface area (Å²) >= 11 is 0. The minimum Gasteiger partial charge on any atom is -0.465 e. The van der Waals surface area contributed by atoms with Crippen molar-refractivity contribution in [1.29, 1.82) is 0 Å². The van der Waals surface area contributed by atoms with Crippen LogP contribution in [0.1, 0.15) is 18.4 Å². The fourth-order valence-electron chi connectivity index (χ4n) is 4.31. The maximum atomic E-state index is 12.6. The molecule has 1 aromatic carbocycles. The van der Waals surface area contributed by atoms with Crippen LogP contribution in [0, 0.1) is 6.92 Å². The zero-order chi connectivity index (χ0) is 23.1. The number of rotatable bonds is 6. The molecule has 0 radical (unpaired) electrons. The van der Waals surface area contributed by atoms with Crippen LogP contribution in [-0.4, -0.2) is 88.0 Å². The molecule has 2 aliphatic heterocycles. The van der Waals surface area contributed by atoms with E-state index in [1.54, 1.807) is 6.92 Å². The van der Waals surface area contributed by atoms with E-state index in [0.29, 0.717) is 28.1 Å². The first-order valence-corrected chi connectivity index (χ1v) is 13.3.